The molecule has 0 spiro atoms. The van der Waals surface area contributed by atoms with Crippen molar-refractivity contribution in [3.05, 3.63) is 54.6 Å². The van der Waals surface area contributed by atoms with Gasteiger partial charge in [-0.25, -0.2) is 5.43 Å². The van der Waals surface area contributed by atoms with Gasteiger partial charge in [-0.3, -0.25) is 24.2 Å². The molecule has 48 heavy (non-hydrogen) atoms. The lowest BCUT2D eigenvalue weighted by Gasteiger charge is -2.40. The van der Waals surface area contributed by atoms with Crippen molar-refractivity contribution in [3.63, 3.8) is 0 Å². The zero-order chi connectivity index (χ0) is 36.4. The van der Waals surface area contributed by atoms with Crippen molar-refractivity contribution in [2.45, 2.75) is 130 Å². The minimum Gasteiger partial charge on any atom is -0.452 e. The third-order valence-corrected chi connectivity index (χ3v) is 14.0. The summed E-state index contributed by atoms with van der Waals surface area (Å²) in [6.45, 7) is 27.6. The average molecular weight is 685 g/mol. The Hall–Kier alpha value is -3.28. The summed E-state index contributed by atoms with van der Waals surface area (Å²) in [6.07, 6.45) is 4.54. The first-order valence-corrected chi connectivity index (χ1v) is 20.1. The Morgan fingerprint density at radius 3 is 2.33 bits per heavy atom. The van der Waals surface area contributed by atoms with Crippen LogP contribution in [-0.2, 0) is 28.3 Å². The fourth-order valence-corrected chi connectivity index (χ4v) is 6.64. The number of nitrogens with one attached hydrogen (secondary N) is 3. The number of esters is 1. The lowest BCUT2D eigenvalue weighted by atomic mass is 10.00. The van der Waals surface area contributed by atoms with E-state index < -0.39 is 44.3 Å². The van der Waals surface area contributed by atoms with Gasteiger partial charge in [0.1, 0.15) is 12.1 Å². The van der Waals surface area contributed by atoms with Gasteiger partial charge in [0, 0.05) is 6.54 Å². The van der Waals surface area contributed by atoms with Gasteiger partial charge in [-0.2, -0.15) is 0 Å². The molecular formula is C37H60N4O6Si. The largest absolute Gasteiger partial charge is 0.452 e. The van der Waals surface area contributed by atoms with E-state index in [1.807, 2.05) is 31.2 Å². The van der Waals surface area contributed by atoms with Crippen molar-refractivity contribution in [3.8, 4) is 0 Å². The number of benzene rings is 1. The van der Waals surface area contributed by atoms with Gasteiger partial charge in [0.25, 0.3) is 11.8 Å². The summed E-state index contributed by atoms with van der Waals surface area (Å²) in [5.41, 5.74) is 4.96. The summed E-state index contributed by atoms with van der Waals surface area (Å²) < 4.78 is 12.5. The van der Waals surface area contributed by atoms with E-state index in [-0.39, 0.29) is 34.9 Å². The standard InChI is InChI=1S/C37H60N4O6Si/c1-13-15-21-31(47-48(11,12)37(8,9)10)25(5)36(45)46-32(24(3)4)34(43)39-27(7)35(44)41-22-17-20-30(40-41)33(42)38-26(6)29-19-16-18-28(14-2)23-29/h13-14,16,18-19,23-27,30-32,40H,1-2,15,17,20-22H2,3-12H3,(H,38,42)(H,39,43). The van der Waals surface area contributed by atoms with Crippen molar-refractivity contribution >= 4 is 38.1 Å². The van der Waals surface area contributed by atoms with Gasteiger partial charge in [0.05, 0.1) is 18.1 Å². The summed E-state index contributed by atoms with van der Waals surface area (Å²) in [5.74, 6) is -2.63. The van der Waals surface area contributed by atoms with Crippen molar-refractivity contribution in [1.29, 1.82) is 0 Å². The van der Waals surface area contributed by atoms with Crippen LogP contribution in [0.2, 0.25) is 18.1 Å². The molecule has 0 radical (unpaired) electrons. The second kappa shape index (κ2) is 17.9. The molecule has 1 aromatic rings. The normalized spacial score (nSPS) is 18.6. The molecule has 2 rings (SSSR count). The van der Waals surface area contributed by atoms with Crippen LogP contribution in [0.15, 0.2) is 43.5 Å². The monoisotopic (exact) mass is 684 g/mol. The van der Waals surface area contributed by atoms with Gasteiger partial charge in [0.2, 0.25) is 5.91 Å². The fourth-order valence-electron chi connectivity index (χ4n) is 5.20. The highest BCUT2D eigenvalue weighted by Gasteiger charge is 2.42. The molecule has 1 fully saturated rings. The van der Waals surface area contributed by atoms with Gasteiger partial charge < -0.3 is 19.8 Å². The number of amides is 3. The van der Waals surface area contributed by atoms with Crippen LogP contribution >= 0.6 is 0 Å². The number of rotatable bonds is 16. The van der Waals surface area contributed by atoms with E-state index in [0.29, 0.717) is 32.2 Å². The van der Waals surface area contributed by atoms with Gasteiger partial charge in [-0.1, -0.05) is 71.5 Å². The quantitative estimate of drug-likeness (QED) is 0.110. The van der Waals surface area contributed by atoms with Gasteiger partial charge in [-0.05, 0) is 87.7 Å². The van der Waals surface area contributed by atoms with Gasteiger partial charge >= 0.3 is 5.97 Å². The fraction of sp³-hybridized carbons (Fsp3) is 0.622. The summed E-state index contributed by atoms with van der Waals surface area (Å²) in [4.78, 5) is 53.4. The SMILES string of the molecule is C=CCCC(O[Si](C)(C)C(C)(C)C)C(C)C(=O)OC(C(=O)NC(C)C(=O)N1CCCC(C(=O)NC(C)c2cccc(C=C)c2)N1)C(C)C. The molecule has 6 atom stereocenters. The molecule has 1 aliphatic heterocycles. The summed E-state index contributed by atoms with van der Waals surface area (Å²) in [6, 6.07) is 6.01. The summed E-state index contributed by atoms with van der Waals surface area (Å²) >= 11 is 0. The number of hydrogen-bond acceptors (Lipinski definition) is 7. The smallest absolute Gasteiger partial charge is 0.312 e. The van der Waals surface area contributed by atoms with Crippen LogP contribution in [0.3, 0.4) is 0 Å². The molecule has 0 aliphatic carbocycles. The molecule has 6 unspecified atom stereocenters. The van der Waals surface area contributed by atoms with E-state index in [2.05, 4.69) is 63.1 Å². The average Bonchev–Trinajstić information content (AvgIpc) is 3.03. The van der Waals surface area contributed by atoms with E-state index >= 15 is 0 Å². The van der Waals surface area contributed by atoms with Crippen molar-refractivity contribution < 1.29 is 28.3 Å². The van der Waals surface area contributed by atoms with E-state index in [1.54, 1.807) is 39.8 Å². The molecule has 1 aliphatic rings. The Morgan fingerprint density at radius 1 is 1.08 bits per heavy atom. The molecule has 1 aromatic carbocycles. The number of carbonyl (C=O) groups is 4. The third kappa shape index (κ3) is 11.4. The molecule has 3 N–H and O–H groups in total. The minimum atomic E-state index is -2.20. The Morgan fingerprint density at radius 2 is 1.75 bits per heavy atom. The predicted molar refractivity (Wildman–Crippen MR) is 194 cm³/mol. The highest BCUT2D eigenvalue weighted by Crippen LogP contribution is 2.39. The van der Waals surface area contributed by atoms with Crippen LogP contribution in [0.25, 0.3) is 6.08 Å². The highest BCUT2D eigenvalue weighted by molar-refractivity contribution is 6.74. The third-order valence-electron chi connectivity index (χ3n) is 9.45. The number of hydrazine groups is 1. The van der Waals surface area contributed by atoms with Crippen LogP contribution in [-0.4, -0.2) is 67.9 Å². The molecule has 1 heterocycles. The number of allylic oxidation sites excluding steroid dienone is 1. The zero-order valence-electron chi connectivity index (χ0n) is 30.9. The molecule has 3 amide bonds. The lowest BCUT2D eigenvalue weighted by molar-refractivity contribution is -0.165. The van der Waals surface area contributed by atoms with Crippen molar-refractivity contribution in [2.75, 3.05) is 6.54 Å². The van der Waals surface area contributed by atoms with Crippen LogP contribution < -0.4 is 16.1 Å². The number of nitrogens with zero attached hydrogens (tertiary/aromatic N) is 1. The molecular weight excluding hydrogens is 625 g/mol. The molecule has 0 bridgehead atoms. The lowest BCUT2D eigenvalue weighted by Crippen LogP contribution is -2.61. The number of carbonyl (C=O) groups excluding carboxylic acids is 4. The maximum Gasteiger partial charge on any atom is 0.312 e. The molecule has 11 heteroatoms. The summed E-state index contributed by atoms with van der Waals surface area (Å²) in [7, 11) is -2.20. The Balaban J connectivity index is 2.04. The van der Waals surface area contributed by atoms with Crippen LogP contribution in [0, 0.1) is 11.8 Å². The highest BCUT2D eigenvalue weighted by atomic mass is 28.4. The van der Waals surface area contributed by atoms with Crippen molar-refractivity contribution in [1.82, 2.24) is 21.1 Å². The molecule has 1 saturated heterocycles. The van der Waals surface area contributed by atoms with Crippen LogP contribution in [0.5, 0.6) is 0 Å². The number of hydrogen-bond donors (Lipinski definition) is 3. The van der Waals surface area contributed by atoms with Crippen LogP contribution in [0.4, 0.5) is 0 Å². The predicted octanol–water partition coefficient (Wildman–Crippen LogP) is 6.07. The van der Waals surface area contributed by atoms with Gasteiger partial charge in [-0.15, -0.1) is 6.58 Å². The zero-order valence-corrected chi connectivity index (χ0v) is 31.9. The Kier molecular flexibility index (Phi) is 15.3. The Labute approximate surface area is 289 Å². The molecule has 0 saturated carbocycles. The maximum atomic E-state index is 13.4. The minimum absolute atomic E-state index is 0.0461. The van der Waals surface area contributed by atoms with Crippen molar-refractivity contribution in [2.24, 2.45) is 11.8 Å². The summed E-state index contributed by atoms with van der Waals surface area (Å²) in [5, 5.41) is 7.11. The first-order valence-electron chi connectivity index (χ1n) is 17.2. The van der Waals surface area contributed by atoms with Crippen LogP contribution in [0.1, 0.15) is 98.2 Å². The second-order valence-corrected chi connectivity index (χ2v) is 19.6. The number of ether oxygens (including phenoxy) is 1. The van der Waals surface area contributed by atoms with Gasteiger partial charge in [0.15, 0.2) is 14.4 Å². The molecule has 268 valence electrons. The van der Waals surface area contributed by atoms with E-state index in [4.69, 9.17) is 9.16 Å². The molecule has 0 aromatic heterocycles. The molecule has 10 nitrogen and oxygen atoms in total. The van der Waals surface area contributed by atoms with E-state index in [9.17, 15) is 19.2 Å². The first-order chi connectivity index (χ1) is 22.3. The Bertz CT molecular complexity index is 1290. The first kappa shape index (κ1) is 40.9. The maximum absolute atomic E-state index is 13.4. The topological polar surface area (TPSA) is 126 Å². The second-order valence-electron chi connectivity index (χ2n) is 14.8. The van der Waals surface area contributed by atoms with E-state index in [1.165, 1.54) is 5.01 Å². The van der Waals surface area contributed by atoms with E-state index in [0.717, 1.165) is 11.1 Å².